The van der Waals surface area contributed by atoms with Crippen LogP contribution < -0.4 is 5.32 Å². The largest absolute Gasteiger partial charge is 0.339 e. The molecule has 0 saturated heterocycles. The summed E-state index contributed by atoms with van der Waals surface area (Å²) in [6.07, 6.45) is 3.24. The highest BCUT2D eigenvalue weighted by Crippen LogP contribution is 2.25. The smallest absolute Gasteiger partial charge is 0.152 e. The normalized spacial score (nSPS) is 10.7. The van der Waals surface area contributed by atoms with Crippen LogP contribution in [0.15, 0.2) is 30.6 Å². The number of nitrogens with one attached hydrogen (secondary N) is 1. The first-order chi connectivity index (χ1) is 8.58. The lowest BCUT2D eigenvalue weighted by Crippen LogP contribution is -2.03. The zero-order valence-electron chi connectivity index (χ0n) is 10.1. The van der Waals surface area contributed by atoms with Gasteiger partial charge in [0.05, 0.1) is 10.7 Å². The fourth-order valence-corrected chi connectivity index (χ4v) is 1.70. The highest BCUT2D eigenvalue weighted by Gasteiger charge is 2.10. The molecular weight excluding hydrogens is 253 g/mol. The van der Waals surface area contributed by atoms with Gasteiger partial charge in [-0.25, -0.2) is 9.37 Å². The standard InChI is InChI=1S/C13H13ClFN3/c1-8(2)12-13(17-6-5-16-12)18-9-3-4-10(14)11(15)7-9/h3-8H,1-2H3,(H,17,18). The van der Waals surface area contributed by atoms with Crippen molar-refractivity contribution < 1.29 is 4.39 Å². The van der Waals surface area contributed by atoms with Crippen LogP contribution in [-0.4, -0.2) is 9.97 Å². The van der Waals surface area contributed by atoms with Crippen molar-refractivity contribution in [2.45, 2.75) is 19.8 Å². The number of halogens is 2. The molecule has 0 atom stereocenters. The van der Waals surface area contributed by atoms with E-state index in [1.54, 1.807) is 18.5 Å². The van der Waals surface area contributed by atoms with Crippen LogP contribution in [0.2, 0.25) is 5.02 Å². The summed E-state index contributed by atoms with van der Waals surface area (Å²) >= 11 is 5.63. The molecule has 0 unspecified atom stereocenters. The van der Waals surface area contributed by atoms with Gasteiger partial charge in [0.15, 0.2) is 5.82 Å². The number of hydrogen-bond donors (Lipinski definition) is 1. The van der Waals surface area contributed by atoms with Crippen LogP contribution in [0.5, 0.6) is 0 Å². The zero-order valence-corrected chi connectivity index (χ0v) is 10.9. The minimum atomic E-state index is -0.461. The molecule has 0 spiro atoms. The van der Waals surface area contributed by atoms with Crippen LogP contribution in [-0.2, 0) is 0 Å². The third-order valence-electron chi connectivity index (χ3n) is 2.46. The summed E-state index contributed by atoms with van der Waals surface area (Å²) in [5, 5.41) is 3.15. The van der Waals surface area contributed by atoms with E-state index in [9.17, 15) is 4.39 Å². The Hall–Kier alpha value is -1.68. The maximum absolute atomic E-state index is 13.3. The molecule has 1 aromatic carbocycles. The van der Waals surface area contributed by atoms with Crippen molar-refractivity contribution in [2.75, 3.05) is 5.32 Å². The van der Waals surface area contributed by atoms with Crippen molar-refractivity contribution in [1.29, 1.82) is 0 Å². The molecule has 0 aliphatic heterocycles. The second kappa shape index (κ2) is 5.31. The molecule has 1 aromatic heterocycles. The first-order valence-corrected chi connectivity index (χ1v) is 5.98. The molecule has 18 heavy (non-hydrogen) atoms. The van der Waals surface area contributed by atoms with E-state index >= 15 is 0 Å². The number of benzene rings is 1. The van der Waals surface area contributed by atoms with E-state index in [-0.39, 0.29) is 10.9 Å². The average molecular weight is 266 g/mol. The first kappa shape index (κ1) is 12.8. The maximum atomic E-state index is 13.3. The summed E-state index contributed by atoms with van der Waals surface area (Å²) < 4.78 is 13.3. The molecule has 0 aliphatic carbocycles. The van der Waals surface area contributed by atoms with Crippen LogP contribution in [0, 0.1) is 5.82 Å². The third kappa shape index (κ3) is 2.76. The van der Waals surface area contributed by atoms with Crippen molar-refractivity contribution in [1.82, 2.24) is 9.97 Å². The van der Waals surface area contributed by atoms with Crippen molar-refractivity contribution in [3.63, 3.8) is 0 Å². The van der Waals surface area contributed by atoms with E-state index in [1.165, 1.54) is 12.1 Å². The summed E-state index contributed by atoms with van der Waals surface area (Å²) in [4.78, 5) is 8.49. The zero-order chi connectivity index (χ0) is 13.1. The molecular formula is C13H13ClFN3. The van der Waals surface area contributed by atoms with Gasteiger partial charge in [-0.3, -0.25) is 4.98 Å². The molecule has 0 bridgehead atoms. The van der Waals surface area contributed by atoms with Gasteiger partial charge in [0.25, 0.3) is 0 Å². The van der Waals surface area contributed by atoms with Crippen molar-refractivity contribution >= 4 is 23.1 Å². The Balaban J connectivity index is 2.31. The van der Waals surface area contributed by atoms with Crippen LogP contribution in [0.1, 0.15) is 25.5 Å². The number of nitrogens with zero attached hydrogens (tertiary/aromatic N) is 2. The van der Waals surface area contributed by atoms with Crippen LogP contribution in [0.25, 0.3) is 0 Å². The van der Waals surface area contributed by atoms with E-state index in [4.69, 9.17) is 11.6 Å². The molecule has 1 heterocycles. The monoisotopic (exact) mass is 265 g/mol. The Bertz CT molecular complexity index is 558. The molecule has 0 fully saturated rings. The van der Waals surface area contributed by atoms with Crippen LogP contribution >= 0.6 is 11.6 Å². The highest BCUT2D eigenvalue weighted by molar-refractivity contribution is 6.30. The predicted octanol–water partition coefficient (Wildman–Crippen LogP) is 4.14. The molecule has 3 nitrogen and oxygen atoms in total. The van der Waals surface area contributed by atoms with Gasteiger partial charge < -0.3 is 5.32 Å². The topological polar surface area (TPSA) is 37.8 Å². The Morgan fingerprint density at radius 2 is 1.94 bits per heavy atom. The summed E-state index contributed by atoms with van der Waals surface area (Å²) in [6, 6.07) is 4.54. The second-order valence-corrected chi connectivity index (χ2v) is 4.61. The quantitative estimate of drug-likeness (QED) is 0.906. The van der Waals surface area contributed by atoms with Crippen molar-refractivity contribution in [3.8, 4) is 0 Å². The molecule has 5 heteroatoms. The van der Waals surface area contributed by atoms with Crippen molar-refractivity contribution in [3.05, 3.63) is 47.1 Å². The van der Waals surface area contributed by atoms with Gasteiger partial charge in [0.1, 0.15) is 5.82 Å². The fourth-order valence-electron chi connectivity index (χ4n) is 1.58. The Morgan fingerprint density at radius 1 is 1.22 bits per heavy atom. The fraction of sp³-hybridized carbons (Fsp3) is 0.231. The highest BCUT2D eigenvalue weighted by atomic mass is 35.5. The first-order valence-electron chi connectivity index (χ1n) is 5.61. The molecule has 1 N–H and O–H groups in total. The van der Waals surface area contributed by atoms with E-state index in [0.29, 0.717) is 11.5 Å². The lowest BCUT2D eigenvalue weighted by molar-refractivity contribution is 0.629. The maximum Gasteiger partial charge on any atom is 0.152 e. The van der Waals surface area contributed by atoms with Gasteiger partial charge in [0.2, 0.25) is 0 Å². The summed E-state index contributed by atoms with van der Waals surface area (Å²) in [5.41, 5.74) is 1.44. The Morgan fingerprint density at radius 3 is 2.61 bits per heavy atom. The van der Waals surface area contributed by atoms with Crippen LogP contribution in [0.3, 0.4) is 0 Å². The predicted molar refractivity (Wildman–Crippen MR) is 70.8 cm³/mol. The van der Waals surface area contributed by atoms with Gasteiger partial charge in [-0.1, -0.05) is 25.4 Å². The van der Waals surface area contributed by atoms with Gasteiger partial charge in [-0.15, -0.1) is 0 Å². The lowest BCUT2D eigenvalue weighted by atomic mass is 10.1. The molecule has 0 radical (unpaired) electrons. The van der Waals surface area contributed by atoms with E-state index < -0.39 is 5.82 Å². The summed E-state index contributed by atoms with van der Waals surface area (Å²) in [7, 11) is 0. The Labute approximate surface area is 110 Å². The number of hydrogen-bond acceptors (Lipinski definition) is 3. The number of aromatic nitrogens is 2. The molecule has 2 aromatic rings. The second-order valence-electron chi connectivity index (χ2n) is 4.20. The summed E-state index contributed by atoms with van der Waals surface area (Å²) in [6.45, 7) is 4.05. The average Bonchev–Trinajstić information content (AvgIpc) is 2.34. The molecule has 0 aliphatic rings. The minimum absolute atomic E-state index is 0.101. The molecule has 2 rings (SSSR count). The molecule has 0 amide bonds. The van der Waals surface area contributed by atoms with Crippen molar-refractivity contribution in [2.24, 2.45) is 0 Å². The lowest BCUT2D eigenvalue weighted by Gasteiger charge is -2.12. The number of anilines is 2. The molecule has 94 valence electrons. The van der Waals surface area contributed by atoms with E-state index in [0.717, 1.165) is 5.69 Å². The number of rotatable bonds is 3. The van der Waals surface area contributed by atoms with Gasteiger partial charge >= 0.3 is 0 Å². The van der Waals surface area contributed by atoms with Crippen LogP contribution in [0.4, 0.5) is 15.9 Å². The van der Waals surface area contributed by atoms with Gasteiger partial charge in [-0.2, -0.15) is 0 Å². The SMILES string of the molecule is CC(C)c1nccnc1Nc1ccc(Cl)c(F)c1. The third-order valence-corrected chi connectivity index (χ3v) is 2.76. The minimum Gasteiger partial charge on any atom is -0.339 e. The summed E-state index contributed by atoms with van der Waals surface area (Å²) in [5.74, 6) is 0.407. The van der Waals surface area contributed by atoms with Gasteiger partial charge in [0, 0.05) is 18.1 Å². The molecule has 0 saturated carbocycles. The van der Waals surface area contributed by atoms with E-state index in [2.05, 4.69) is 15.3 Å². The Kier molecular flexibility index (Phi) is 3.77. The van der Waals surface area contributed by atoms with Gasteiger partial charge in [-0.05, 0) is 24.1 Å². The van der Waals surface area contributed by atoms with E-state index in [1.807, 2.05) is 13.8 Å².